The number of imide groups is 1. The van der Waals surface area contributed by atoms with Crippen LogP contribution >= 0.6 is 11.3 Å². The van der Waals surface area contributed by atoms with E-state index in [1.165, 1.54) is 22.5 Å². The molecule has 0 aliphatic carbocycles. The molecule has 8 heteroatoms. The van der Waals surface area contributed by atoms with Crippen LogP contribution in [0.15, 0.2) is 77.0 Å². The molecular weight excluding hydrogens is 456 g/mol. The molecule has 0 spiro atoms. The molecule has 4 rings (SSSR count). The highest BCUT2D eigenvalue weighted by molar-refractivity contribution is 7.90. The maximum Gasteiger partial charge on any atom is 0.327 e. The molecule has 1 aromatic heterocycles. The second-order valence-corrected chi connectivity index (χ2v) is 11.4. The van der Waals surface area contributed by atoms with Crippen LogP contribution in [0.3, 0.4) is 0 Å². The zero-order valence-corrected chi connectivity index (χ0v) is 20.3. The van der Waals surface area contributed by atoms with E-state index in [2.05, 4.69) is 0 Å². The summed E-state index contributed by atoms with van der Waals surface area (Å²) in [5.74, 6) is -0.535. The lowest BCUT2D eigenvalue weighted by atomic mass is 9.92. The Morgan fingerprint density at radius 1 is 1.03 bits per heavy atom. The first-order valence-corrected chi connectivity index (χ1v) is 13.4. The van der Waals surface area contributed by atoms with Gasteiger partial charge in [-0.3, -0.25) is 9.69 Å². The molecule has 2 aromatic carbocycles. The first-order chi connectivity index (χ1) is 15.7. The third-order valence-corrected chi connectivity index (χ3v) is 8.35. The monoisotopic (exact) mass is 482 g/mol. The lowest BCUT2D eigenvalue weighted by molar-refractivity contribution is -0.129. The van der Waals surface area contributed by atoms with E-state index in [0.29, 0.717) is 0 Å². The van der Waals surface area contributed by atoms with Crippen molar-refractivity contribution < 1.29 is 18.0 Å². The third-order valence-electron chi connectivity index (χ3n) is 6.24. The Kier molecular flexibility index (Phi) is 6.41. The van der Waals surface area contributed by atoms with Gasteiger partial charge < -0.3 is 4.90 Å². The van der Waals surface area contributed by atoms with E-state index in [4.69, 9.17) is 0 Å². The molecule has 3 aromatic rings. The number of nitrogens with zero attached hydrogens (tertiary/aromatic N) is 2. The van der Waals surface area contributed by atoms with Crippen LogP contribution in [0.5, 0.6) is 0 Å². The van der Waals surface area contributed by atoms with E-state index in [1.807, 2.05) is 54.8 Å². The number of carbonyl (C=O) groups excluding carboxylic acids is 2. The molecule has 1 aliphatic rings. The minimum Gasteiger partial charge on any atom is -0.322 e. The van der Waals surface area contributed by atoms with E-state index in [-0.39, 0.29) is 41.3 Å². The molecule has 33 heavy (non-hydrogen) atoms. The number of thiophene rings is 1. The fraction of sp³-hybridized carbons (Fsp3) is 0.280. The molecule has 1 fully saturated rings. The van der Waals surface area contributed by atoms with Gasteiger partial charge >= 0.3 is 6.03 Å². The molecule has 6 nitrogen and oxygen atoms in total. The number of sulfone groups is 1. The number of carbonyl (C=O) groups is 2. The van der Waals surface area contributed by atoms with Crippen molar-refractivity contribution in [1.82, 2.24) is 9.80 Å². The number of hydrogen-bond acceptors (Lipinski definition) is 5. The van der Waals surface area contributed by atoms with Crippen molar-refractivity contribution in [2.75, 3.05) is 13.3 Å². The summed E-state index contributed by atoms with van der Waals surface area (Å²) in [7, 11) is -1.60. The van der Waals surface area contributed by atoms with Gasteiger partial charge in [-0.15, -0.1) is 11.3 Å². The Balaban J connectivity index is 1.67. The van der Waals surface area contributed by atoms with Crippen LogP contribution in [-0.2, 0) is 14.6 Å². The average molecular weight is 483 g/mol. The molecule has 1 saturated heterocycles. The minimum atomic E-state index is -3.32. The number of benzene rings is 2. The highest BCUT2D eigenvalue weighted by Crippen LogP contribution is 2.38. The van der Waals surface area contributed by atoms with Gasteiger partial charge in [0.15, 0.2) is 9.84 Å². The molecule has 1 aliphatic heterocycles. The summed E-state index contributed by atoms with van der Waals surface area (Å²) in [6, 6.07) is 19.3. The summed E-state index contributed by atoms with van der Waals surface area (Å²) in [5.41, 5.74) is 1.75. The molecular formula is C25H26N2O4S2. The zero-order chi connectivity index (χ0) is 23.8. The minimum absolute atomic E-state index is 0.106. The smallest absolute Gasteiger partial charge is 0.322 e. The molecule has 172 valence electrons. The van der Waals surface area contributed by atoms with Crippen molar-refractivity contribution in [1.29, 1.82) is 0 Å². The number of rotatable bonds is 6. The first kappa shape index (κ1) is 23.2. The van der Waals surface area contributed by atoms with E-state index in [0.717, 1.165) is 16.0 Å². The Labute approximate surface area is 198 Å². The summed E-state index contributed by atoms with van der Waals surface area (Å²) in [6.07, 6.45) is 1.27. The standard InChI is InChI=1S/C25H26N2O4S2/c1-17-24(19-8-5-4-6-9-19)27(25(29)26(17)2)23(28)16-21(22-10-7-15-32-22)18-11-13-20(14-12-18)33(3,30)31/h4-15,17,21,24H,16H2,1-3H3/t17?,21-,24?/m1/s1. The lowest BCUT2D eigenvalue weighted by Gasteiger charge is -2.26. The number of urea groups is 1. The number of hydrogen-bond donors (Lipinski definition) is 0. The summed E-state index contributed by atoms with van der Waals surface area (Å²) < 4.78 is 23.7. The van der Waals surface area contributed by atoms with Crippen LogP contribution in [0.4, 0.5) is 4.79 Å². The fourth-order valence-corrected chi connectivity index (χ4v) is 5.81. The van der Waals surface area contributed by atoms with Crippen molar-refractivity contribution >= 4 is 33.1 Å². The quantitative estimate of drug-likeness (QED) is 0.511. The van der Waals surface area contributed by atoms with Crippen molar-refractivity contribution in [2.45, 2.75) is 36.2 Å². The van der Waals surface area contributed by atoms with Crippen LogP contribution in [0.2, 0.25) is 0 Å². The van der Waals surface area contributed by atoms with Crippen LogP contribution in [-0.4, -0.2) is 49.5 Å². The van der Waals surface area contributed by atoms with Crippen molar-refractivity contribution in [3.05, 3.63) is 88.1 Å². The molecule has 2 heterocycles. The van der Waals surface area contributed by atoms with Gasteiger partial charge in [0.2, 0.25) is 5.91 Å². The molecule has 0 N–H and O–H groups in total. The largest absolute Gasteiger partial charge is 0.327 e. The van der Waals surface area contributed by atoms with E-state index < -0.39 is 9.84 Å². The Morgan fingerprint density at radius 3 is 2.27 bits per heavy atom. The Morgan fingerprint density at radius 2 is 1.70 bits per heavy atom. The van der Waals surface area contributed by atoms with Gasteiger partial charge in [0, 0.05) is 30.5 Å². The first-order valence-electron chi connectivity index (χ1n) is 10.7. The highest BCUT2D eigenvalue weighted by Gasteiger charge is 2.45. The van der Waals surface area contributed by atoms with E-state index in [9.17, 15) is 18.0 Å². The zero-order valence-electron chi connectivity index (χ0n) is 18.7. The average Bonchev–Trinajstić information content (AvgIpc) is 3.41. The molecule has 3 amide bonds. The van der Waals surface area contributed by atoms with E-state index >= 15 is 0 Å². The van der Waals surface area contributed by atoms with Gasteiger partial charge in [-0.05, 0) is 41.6 Å². The third kappa shape index (κ3) is 4.58. The summed E-state index contributed by atoms with van der Waals surface area (Å²) >= 11 is 1.53. The van der Waals surface area contributed by atoms with E-state index in [1.54, 1.807) is 36.2 Å². The highest BCUT2D eigenvalue weighted by atomic mass is 32.2. The van der Waals surface area contributed by atoms with Crippen LogP contribution in [0.1, 0.15) is 41.3 Å². The molecule has 3 atom stereocenters. The molecule has 0 bridgehead atoms. The predicted molar refractivity (Wildman–Crippen MR) is 129 cm³/mol. The topological polar surface area (TPSA) is 74.8 Å². The summed E-state index contributed by atoms with van der Waals surface area (Å²) in [4.78, 5) is 30.9. The fourth-order valence-electron chi connectivity index (χ4n) is 4.32. The van der Waals surface area contributed by atoms with Crippen molar-refractivity contribution in [2.24, 2.45) is 0 Å². The number of likely N-dealkylation sites (N-methyl/N-ethyl adjacent to an activating group) is 1. The van der Waals surface area contributed by atoms with Gasteiger partial charge in [-0.2, -0.15) is 0 Å². The van der Waals surface area contributed by atoms with Gasteiger partial charge in [0.05, 0.1) is 17.0 Å². The normalized spacial score (nSPS) is 19.7. The number of amides is 3. The van der Waals surface area contributed by atoms with Gasteiger partial charge in [-0.25, -0.2) is 13.2 Å². The second kappa shape index (κ2) is 9.11. The van der Waals surface area contributed by atoms with Crippen molar-refractivity contribution in [3.8, 4) is 0 Å². The predicted octanol–water partition coefficient (Wildman–Crippen LogP) is 4.70. The maximum atomic E-state index is 13.6. The molecule has 0 saturated carbocycles. The summed E-state index contributed by atoms with van der Waals surface area (Å²) in [5, 5.41) is 1.95. The lowest BCUT2D eigenvalue weighted by Crippen LogP contribution is -2.37. The molecule has 0 radical (unpaired) electrons. The van der Waals surface area contributed by atoms with Gasteiger partial charge in [-0.1, -0.05) is 48.5 Å². The van der Waals surface area contributed by atoms with Crippen molar-refractivity contribution in [3.63, 3.8) is 0 Å². The van der Waals surface area contributed by atoms with Gasteiger partial charge in [0.25, 0.3) is 0 Å². The van der Waals surface area contributed by atoms with Crippen LogP contribution in [0, 0.1) is 0 Å². The van der Waals surface area contributed by atoms with Gasteiger partial charge in [0.1, 0.15) is 0 Å². The molecule has 2 unspecified atom stereocenters. The second-order valence-electron chi connectivity index (χ2n) is 8.37. The van der Waals surface area contributed by atoms with Crippen LogP contribution < -0.4 is 0 Å². The van der Waals surface area contributed by atoms with Crippen LogP contribution in [0.25, 0.3) is 0 Å². The Hall–Kier alpha value is -2.97. The SMILES string of the molecule is CC1C(c2ccccc2)N(C(=O)C[C@H](c2ccc(S(C)(=O)=O)cc2)c2cccs2)C(=O)N1C. The summed E-state index contributed by atoms with van der Waals surface area (Å²) in [6.45, 7) is 1.95. The maximum absolute atomic E-state index is 13.6. The Bertz CT molecular complexity index is 1240.